The molecular weight excluding hydrogens is 317 g/mol. The lowest BCUT2D eigenvalue weighted by Gasteiger charge is -2.38. The number of hydrogen-bond acceptors (Lipinski definition) is 2. The molecule has 2 N–H and O–H groups in total. The molecule has 7 heteroatoms. The topological polar surface area (TPSA) is 41.1 Å². The van der Waals surface area contributed by atoms with E-state index in [0.717, 1.165) is 13.0 Å². The van der Waals surface area contributed by atoms with Crippen LogP contribution in [-0.4, -0.2) is 30.7 Å². The Balaban J connectivity index is 0.00000242. The van der Waals surface area contributed by atoms with Gasteiger partial charge in [0.05, 0.1) is 5.92 Å². The van der Waals surface area contributed by atoms with Crippen molar-refractivity contribution in [1.29, 1.82) is 0 Å². The Bertz CT molecular complexity index is 368. The highest BCUT2D eigenvalue weighted by atomic mass is 35.5. The third-order valence-corrected chi connectivity index (χ3v) is 5.03. The van der Waals surface area contributed by atoms with Crippen LogP contribution < -0.4 is 10.6 Å². The molecule has 2 fully saturated rings. The van der Waals surface area contributed by atoms with Crippen LogP contribution in [-0.2, 0) is 4.79 Å². The molecule has 0 bridgehead atoms. The van der Waals surface area contributed by atoms with Gasteiger partial charge in [-0.05, 0) is 45.1 Å². The Labute approximate surface area is 136 Å². The van der Waals surface area contributed by atoms with Gasteiger partial charge >= 0.3 is 6.18 Å². The molecule has 1 aliphatic heterocycles. The first-order valence-corrected chi connectivity index (χ1v) is 7.89. The highest BCUT2D eigenvalue weighted by molar-refractivity contribution is 5.85. The van der Waals surface area contributed by atoms with Crippen LogP contribution in [0, 0.1) is 17.8 Å². The maximum Gasteiger partial charge on any atom is 0.391 e. The molecular formula is C15H26ClF3N2O. The zero-order valence-corrected chi connectivity index (χ0v) is 13.9. The average Bonchev–Trinajstić information content (AvgIpc) is 2.42. The largest absolute Gasteiger partial charge is 0.391 e. The number of hydrogen-bond donors (Lipinski definition) is 2. The Kier molecular flexibility index (Phi) is 6.99. The standard InChI is InChI=1S/C15H25F3N2O.ClH/c1-9-6-7-19-10(2)13(9)20-14(21)11-4-3-5-12(8-11)15(16,17)18;/h9-13,19H,3-8H2,1-2H3,(H,20,21);1H. The number of nitrogens with one attached hydrogen (secondary N) is 2. The molecule has 5 unspecified atom stereocenters. The van der Waals surface area contributed by atoms with Crippen molar-refractivity contribution in [2.45, 2.75) is 64.2 Å². The van der Waals surface area contributed by atoms with E-state index in [1.54, 1.807) is 0 Å². The molecule has 2 rings (SSSR count). The summed E-state index contributed by atoms with van der Waals surface area (Å²) in [5, 5.41) is 6.30. The molecule has 130 valence electrons. The van der Waals surface area contributed by atoms with E-state index in [-0.39, 0.29) is 43.2 Å². The number of halogens is 4. The van der Waals surface area contributed by atoms with Crippen LogP contribution in [0.3, 0.4) is 0 Å². The summed E-state index contributed by atoms with van der Waals surface area (Å²) >= 11 is 0. The van der Waals surface area contributed by atoms with Gasteiger partial charge in [0.2, 0.25) is 5.91 Å². The molecule has 1 aliphatic carbocycles. The second kappa shape index (κ2) is 7.86. The van der Waals surface area contributed by atoms with E-state index in [4.69, 9.17) is 0 Å². The molecule has 22 heavy (non-hydrogen) atoms. The third-order valence-electron chi connectivity index (χ3n) is 5.03. The van der Waals surface area contributed by atoms with Crippen molar-refractivity contribution in [2.24, 2.45) is 17.8 Å². The first-order chi connectivity index (χ1) is 9.79. The van der Waals surface area contributed by atoms with Gasteiger partial charge in [-0.2, -0.15) is 13.2 Å². The van der Waals surface area contributed by atoms with Crippen molar-refractivity contribution in [2.75, 3.05) is 6.54 Å². The van der Waals surface area contributed by atoms with Gasteiger partial charge in [-0.3, -0.25) is 4.79 Å². The van der Waals surface area contributed by atoms with E-state index in [0.29, 0.717) is 18.8 Å². The number of rotatable bonds is 2. The Morgan fingerprint density at radius 3 is 2.45 bits per heavy atom. The number of carbonyl (C=O) groups excluding carboxylic acids is 1. The van der Waals surface area contributed by atoms with Crippen LogP contribution in [0.5, 0.6) is 0 Å². The molecule has 1 saturated carbocycles. The van der Waals surface area contributed by atoms with Gasteiger partial charge in [0.1, 0.15) is 0 Å². The quantitative estimate of drug-likeness (QED) is 0.808. The van der Waals surface area contributed by atoms with E-state index < -0.39 is 18.0 Å². The van der Waals surface area contributed by atoms with E-state index >= 15 is 0 Å². The number of amides is 1. The SMILES string of the molecule is CC1CCNC(C)C1NC(=O)C1CCCC(C(F)(F)F)C1.Cl. The molecule has 5 atom stereocenters. The van der Waals surface area contributed by atoms with Crippen molar-refractivity contribution in [3.8, 4) is 0 Å². The van der Waals surface area contributed by atoms with Crippen LogP contribution >= 0.6 is 12.4 Å². The minimum atomic E-state index is -4.17. The predicted octanol–water partition coefficient (Wildman–Crippen LogP) is 3.28. The first-order valence-electron chi connectivity index (χ1n) is 7.89. The fourth-order valence-corrected chi connectivity index (χ4v) is 3.61. The normalized spacial score (nSPS) is 36.3. The van der Waals surface area contributed by atoms with E-state index in [1.807, 2.05) is 6.92 Å². The van der Waals surface area contributed by atoms with Crippen molar-refractivity contribution in [3.05, 3.63) is 0 Å². The average molecular weight is 343 g/mol. The molecule has 0 radical (unpaired) electrons. The molecule has 0 aromatic carbocycles. The Morgan fingerprint density at radius 1 is 1.18 bits per heavy atom. The van der Waals surface area contributed by atoms with Crippen LogP contribution in [0.15, 0.2) is 0 Å². The fourth-order valence-electron chi connectivity index (χ4n) is 3.61. The van der Waals surface area contributed by atoms with E-state index in [1.165, 1.54) is 0 Å². The number of piperidine rings is 1. The first kappa shape index (κ1) is 19.6. The smallest absolute Gasteiger partial charge is 0.351 e. The lowest BCUT2D eigenvalue weighted by Crippen LogP contribution is -2.57. The Hall–Kier alpha value is -0.490. The van der Waals surface area contributed by atoms with Gasteiger partial charge in [0.15, 0.2) is 0 Å². The summed E-state index contributed by atoms with van der Waals surface area (Å²) in [4.78, 5) is 12.3. The lowest BCUT2D eigenvalue weighted by molar-refractivity contribution is -0.186. The van der Waals surface area contributed by atoms with E-state index in [9.17, 15) is 18.0 Å². The van der Waals surface area contributed by atoms with Gasteiger partial charge in [-0.15, -0.1) is 12.4 Å². The van der Waals surface area contributed by atoms with Crippen molar-refractivity contribution < 1.29 is 18.0 Å². The highest BCUT2D eigenvalue weighted by Gasteiger charge is 2.44. The van der Waals surface area contributed by atoms with Crippen molar-refractivity contribution >= 4 is 18.3 Å². The molecule has 0 spiro atoms. The highest BCUT2D eigenvalue weighted by Crippen LogP contribution is 2.40. The number of alkyl halides is 3. The van der Waals surface area contributed by atoms with Gasteiger partial charge in [-0.25, -0.2) is 0 Å². The zero-order chi connectivity index (χ0) is 15.6. The van der Waals surface area contributed by atoms with E-state index in [2.05, 4.69) is 17.6 Å². The summed E-state index contributed by atoms with van der Waals surface area (Å²) < 4.78 is 38.5. The van der Waals surface area contributed by atoms with Crippen LogP contribution in [0.2, 0.25) is 0 Å². The molecule has 0 aromatic rings. The van der Waals surface area contributed by atoms with Crippen LogP contribution in [0.25, 0.3) is 0 Å². The molecule has 3 nitrogen and oxygen atoms in total. The van der Waals surface area contributed by atoms with Gasteiger partial charge in [0.25, 0.3) is 0 Å². The minimum absolute atomic E-state index is 0. The Morgan fingerprint density at radius 2 is 1.86 bits per heavy atom. The van der Waals surface area contributed by atoms with Gasteiger partial charge < -0.3 is 10.6 Å². The summed E-state index contributed by atoms with van der Waals surface area (Å²) in [6.45, 7) is 5.02. The predicted molar refractivity (Wildman–Crippen MR) is 81.9 cm³/mol. The zero-order valence-electron chi connectivity index (χ0n) is 13.1. The summed E-state index contributed by atoms with van der Waals surface area (Å²) in [6.07, 6.45) is -2.04. The maximum absolute atomic E-state index is 12.8. The summed E-state index contributed by atoms with van der Waals surface area (Å²) in [6, 6.07) is 0.178. The maximum atomic E-state index is 12.8. The summed E-state index contributed by atoms with van der Waals surface area (Å²) in [7, 11) is 0. The monoisotopic (exact) mass is 342 g/mol. The second-order valence-electron chi connectivity index (χ2n) is 6.65. The van der Waals surface area contributed by atoms with Crippen LogP contribution in [0.4, 0.5) is 13.2 Å². The molecule has 1 heterocycles. The third kappa shape index (κ3) is 4.75. The molecule has 1 saturated heterocycles. The molecule has 0 aromatic heterocycles. The molecule has 2 aliphatic rings. The molecule has 1 amide bonds. The van der Waals surface area contributed by atoms with Gasteiger partial charge in [0, 0.05) is 18.0 Å². The van der Waals surface area contributed by atoms with Gasteiger partial charge in [-0.1, -0.05) is 13.3 Å². The van der Waals surface area contributed by atoms with Crippen LogP contribution in [0.1, 0.15) is 46.0 Å². The summed E-state index contributed by atoms with van der Waals surface area (Å²) in [5.74, 6) is -1.66. The van der Waals surface area contributed by atoms with Crippen molar-refractivity contribution in [3.63, 3.8) is 0 Å². The van der Waals surface area contributed by atoms with Crippen molar-refractivity contribution in [1.82, 2.24) is 10.6 Å². The lowest BCUT2D eigenvalue weighted by atomic mass is 9.80. The second-order valence-corrected chi connectivity index (χ2v) is 6.65. The fraction of sp³-hybridized carbons (Fsp3) is 0.933. The number of carbonyl (C=O) groups is 1. The summed E-state index contributed by atoms with van der Waals surface area (Å²) in [5.41, 5.74) is 0. The minimum Gasteiger partial charge on any atom is -0.351 e.